The molecular formula is C20H25NO3. The van der Waals surface area contributed by atoms with Gasteiger partial charge in [0.25, 0.3) is 5.91 Å². The van der Waals surface area contributed by atoms with Gasteiger partial charge in [-0.1, -0.05) is 25.5 Å². The largest absolute Gasteiger partial charge is 0.497 e. The second-order valence-corrected chi connectivity index (χ2v) is 5.73. The fraction of sp³-hybridized carbons (Fsp3) is 0.350. The Morgan fingerprint density at radius 1 is 1.04 bits per heavy atom. The van der Waals surface area contributed by atoms with Crippen LogP contribution in [0.15, 0.2) is 48.5 Å². The highest BCUT2D eigenvalue weighted by Gasteiger charge is 2.14. The van der Waals surface area contributed by atoms with Crippen LogP contribution in [-0.4, -0.2) is 19.1 Å². The van der Waals surface area contributed by atoms with E-state index in [4.69, 9.17) is 9.47 Å². The number of carbonyl (C=O) groups is 1. The molecule has 0 aliphatic carbocycles. The van der Waals surface area contributed by atoms with Gasteiger partial charge in [-0.25, -0.2) is 0 Å². The molecule has 0 spiro atoms. The molecule has 0 aliphatic heterocycles. The molecule has 0 aromatic heterocycles. The molecule has 0 aliphatic rings. The van der Waals surface area contributed by atoms with E-state index < -0.39 is 6.10 Å². The monoisotopic (exact) mass is 327 g/mol. The summed E-state index contributed by atoms with van der Waals surface area (Å²) in [5, 5.41) is 2.88. The molecule has 1 amide bonds. The Balaban J connectivity index is 1.88. The molecule has 2 rings (SSSR count). The normalized spacial score (nSPS) is 11.6. The van der Waals surface area contributed by atoms with Gasteiger partial charge >= 0.3 is 0 Å². The van der Waals surface area contributed by atoms with Gasteiger partial charge in [0, 0.05) is 5.69 Å². The standard InChI is InChI=1S/C20H25NO3/c1-4-5-6-16-7-9-17(10-8-16)21-20(22)15(2)24-19-13-11-18(23-3)12-14-19/h7-15H,4-6H2,1-3H3,(H,21,22)/t15-/m1/s1. The van der Waals surface area contributed by atoms with Crippen LogP contribution in [-0.2, 0) is 11.2 Å². The molecule has 0 saturated carbocycles. The summed E-state index contributed by atoms with van der Waals surface area (Å²) in [5.41, 5.74) is 2.07. The van der Waals surface area contributed by atoms with Crippen molar-refractivity contribution >= 4 is 11.6 Å². The summed E-state index contributed by atoms with van der Waals surface area (Å²) in [7, 11) is 1.61. The highest BCUT2D eigenvalue weighted by atomic mass is 16.5. The van der Waals surface area contributed by atoms with Crippen LogP contribution in [0.1, 0.15) is 32.3 Å². The van der Waals surface area contributed by atoms with E-state index in [1.54, 1.807) is 38.3 Å². The van der Waals surface area contributed by atoms with Crippen molar-refractivity contribution in [2.24, 2.45) is 0 Å². The van der Waals surface area contributed by atoms with Crippen molar-refractivity contribution in [2.75, 3.05) is 12.4 Å². The van der Waals surface area contributed by atoms with Gasteiger partial charge in [-0.05, 0) is 61.7 Å². The number of hydrogen-bond donors (Lipinski definition) is 1. The van der Waals surface area contributed by atoms with Crippen molar-refractivity contribution in [1.29, 1.82) is 0 Å². The first kappa shape index (κ1) is 17.9. The van der Waals surface area contributed by atoms with Crippen LogP contribution >= 0.6 is 0 Å². The van der Waals surface area contributed by atoms with E-state index >= 15 is 0 Å². The molecule has 2 aromatic rings. The Bertz CT molecular complexity index is 635. The van der Waals surface area contributed by atoms with Crippen LogP contribution in [0.4, 0.5) is 5.69 Å². The van der Waals surface area contributed by atoms with Crippen LogP contribution in [0.5, 0.6) is 11.5 Å². The molecule has 1 atom stereocenters. The predicted molar refractivity (Wildman–Crippen MR) is 96.8 cm³/mol. The Kier molecular flexibility index (Phi) is 6.67. The third-order valence-corrected chi connectivity index (χ3v) is 3.78. The molecule has 0 bridgehead atoms. The number of ether oxygens (including phenoxy) is 2. The summed E-state index contributed by atoms with van der Waals surface area (Å²) in [6.07, 6.45) is 2.84. The number of nitrogens with one attached hydrogen (secondary N) is 1. The Hall–Kier alpha value is -2.49. The molecule has 0 radical (unpaired) electrons. The molecule has 128 valence electrons. The van der Waals surface area contributed by atoms with Crippen LogP contribution in [0.2, 0.25) is 0 Å². The molecule has 4 heteroatoms. The fourth-order valence-electron chi connectivity index (χ4n) is 2.29. The van der Waals surface area contributed by atoms with Gasteiger partial charge in [-0.15, -0.1) is 0 Å². The first-order valence-electron chi connectivity index (χ1n) is 8.33. The number of carbonyl (C=O) groups excluding carboxylic acids is 1. The lowest BCUT2D eigenvalue weighted by Gasteiger charge is -2.15. The summed E-state index contributed by atoms with van der Waals surface area (Å²) in [6.45, 7) is 3.91. The van der Waals surface area contributed by atoms with E-state index in [0.29, 0.717) is 5.75 Å². The zero-order valence-electron chi connectivity index (χ0n) is 14.5. The highest BCUT2D eigenvalue weighted by Crippen LogP contribution is 2.19. The number of benzene rings is 2. The number of aryl methyl sites for hydroxylation is 1. The Labute approximate surface area is 143 Å². The molecule has 0 unspecified atom stereocenters. The second-order valence-electron chi connectivity index (χ2n) is 5.73. The van der Waals surface area contributed by atoms with Gasteiger partial charge in [-0.3, -0.25) is 4.79 Å². The first-order valence-corrected chi connectivity index (χ1v) is 8.33. The van der Waals surface area contributed by atoms with Crippen molar-refractivity contribution in [1.82, 2.24) is 0 Å². The van der Waals surface area contributed by atoms with Gasteiger partial charge in [-0.2, -0.15) is 0 Å². The molecule has 4 nitrogen and oxygen atoms in total. The molecule has 1 N–H and O–H groups in total. The minimum Gasteiger partial charge on any atom is -0.497 e. The fourth-order valence-corrected chi connectivity index (χ4v) is 2.29. The van der Waals surface area contributed by atoms with E-state index in [1.807, 2.05) is 12.1 Å². The topological polar surface area (TPSA) is 47.6 Å². The number of rotatable bonds is 8. The smallest absolute Gasteiger partial charge is 0.265 e. The summed E-state index contributed by atoms with van der Waals surface area (Å²) in [5.74, 6) is 1.21. The van der Waals surface area contributed by atoms with Crippen LogP contribution in [0.3, 0.4) is 0 Å². The van der Waals surface area contributed by atoms with Gasteiger partial charge in [0.2, 0.25) is 0 Å². The zero-order chi connectivity index (χ0) is 17.4. The van der Waals surface area contributed by atoms with Crippen LogP contribution in [0, 0.1) is 0 Å². The first-order chi connectivity index (χ1) is 11.6. The SMILES string of the molecule is CCCCc1ccc(NC(=O)[C@@H](C)Oc2ccc(OC)cc2)cc1. The average molecular weight is 327 g/mol. The second kappa shape index (κ2) is 8.96. The summed E-state index contributed by atoms with van der Waals surface area (Å²) >= 11 is 0. The number of amides is 1. The number of unbranched alkanes of at least 4 members (excludes halogenated alkanes) is 1. The molecule has 24 heavy (non-hydrogen) atoms. The van der Waals surface area contributed by atoms with Crippen molar-refractivity contribution in [2.45, 2.75) is 39.2 Å². The molecule has 0 saturated heterocycles. The summed E-state index contributed by atoms with van der Waals surface area (Å²) in [4.78, 5) is 12.2. The highest BCUT2D eigenvalue weighted by molar-refractivity contribution is 5.94. The summed E-state index contributed by atoms with van der Waals surface area (Å²) < 4.78 is 10.8. The lowest BCUT2D eigenvalue weighted by atomic mass is 10.1. The Morgan fingerprint density at radius 2 is 1.67 bits per heavy atom. The molecule has 0 heterocycles. The van der Waals surface area contributed by atoms with E-state index in [2.05, 4.69) is 24.4 Å². The quantitative estimate of drug-likeness (QED) is 0.779. The third-order valence-electron chi connectivity index (χ3n) is 3.78. The molecule has 2 aromatic carbocycles. The van der Waals surface area contributed by atoms with Crippen molar-refractivity contribution in [3.05, 3.63) is 54.1 Å². The minimum atomic E-state index is -0.585. The van der Waals surface area contributed by atoms with Gasteiger partial charge < -0.3 is 14.8 Å². The average Bonchev–Trinajstić information content (AvgIpc) is 2.61. The lowest BCUT2D eigenvalue weighted by Crippen LogP contribution is -2.30. The van der Waals surface area contributed by atoms with Gasteiger partial charge in [0.15, 0.2) is 6.10 Å². The maximum Gasteiger partial charge on any atom is 0.265 e. The van der Waals surface area contributed by atoms with E-state index in [1.165, 1.54) is 18.4 Å². The minimum absolute atomic E-state index is 0.174. The molecule has 0 fully saturated rings. The maximum atomic E-state index is 12.2. The summed E-state index contributed by atoms with van der Waals surface area (Å²) in [6, 6.07) is 15.1. The number of methoxy groups -OCH3 is 1. The number of hydrogen-bond acceptors (Lipinski definition) is 3. The van der Waals surface area contributed by atoms with Gasteiger partial charge in [0.1, 0.15) is 11.5 Å². The maximum absolute atomic E-state index is 12.2. The molecular weight excluding hydrogens is 302 g/mol. The predicted octanol–water partition coefficient (Wildman–Crippen LogP) is 4.44. The number of anilines is 1. The van der Waals surface area contributed by atoms with E-state index in [0.717, 1.165) is 17.9 Å². The third kappa shape index (κ3) is 5.30. The Morgan fingerprint density at radius 3 is 2.25 bits per heavy atom. The van der Waals surface area contributed by atoms with Crippen LogP contribution < -0.4 is 14.8 Å². The van der Waals surface area contributed by atoms with Crippen molar-refractivity contribution in [3.8, 4) is 11.5 Å². The van der Waals surface area contributed by atoms with Gasteiger partial charge in [0.05, 0.1) is 7.11 Å². The lowest BCUT2D eigenvalue weighted by molar-refractivity contribution is -0.122. The zero-order valence-corrected chi connectivity index (χ0v) is 14.5. The van der Waals surface area contributed by atoms with E-state index in [-0.39, 0.29) is 5.91 Å². The van der Waals surface area contributed by atoms with Crippen molar-refractivity contribution < 1.29 is 14.3 Å². The van der Waals surface area contributed by atoms with Crippen LogP contribution in [0.25, 0.3) is 0 Å². The van der Waals surface area contributed by atoms with E-state index in [9.17, 15) is 4.79 Å². The van der Waals surface area contributed by atoms with Crippen molar-refractivity contribution in [3.63, 3.8) is 0 Å².